The molecule has 1 N–H and O–H groups in total. The molecule has 1 aromatic rings. The highest BCUT2D eigenvalue weighted by Gasteiger charge is 2.40. The van der Waals surface area contributed by atoms with Gasteiger partial charge in [-0.25, -0.2) is 0 Å². The molecule has 132 valence electrons. The zero-order chi connectivity index (χ0) is 17.2. The minimum absolute atomic E-state index is 0.00492. The van der Waals surface area contributed by atoms with Crippen LogP contribution in [0.5, 0.6) is 5.75 Å². The molecule has 0 saturated carbocycles. The van der Waals surface area contributed by atoms with Crippen molar-refractivity contribution < 1.29 is 14.6 Å². The first kappa shape index (κ1) is 17.2. The third-order valence-corrected chi connectivity index (χ3v) is 5.24. The second-order valence-electron chi connectivity index (χ2n) is 7.50. The molecule has 0 radical (unpaired) electrons. The average molecular weight is 332 g/mol. The lowest BCUT2D eigenvalue weighted by atomic mass is 9.79. The van der Waals surface area contributed by atoms with Gasteiger partial charge in [-0.3, -0.25) is 9.69 Å². The van der Waals surface area contributed by atoms with Gasteiger partial charge < -0.3 is 14.7 Å². The smallest absolute Gasteiger partial charge is 0.254 e. The van der Waals surface area contributed by atoms with Crippen molar-refractivity contribution >= 4 is 5.91 Å². The van der Waals surface area contributed by atoms with Gasteiger partial charge in [0, 0.05) is 43.2 Å². The molecular formula is C19H28N2O3. The number of phenolic OH excluding ortho intramolecular Hbond substituents is 1. The number of phenols is 1. The molecule has 2 saturated heterocycles. The maximum atomic E-state index is 12.8. The minimum Gasteiger partial charge on any atom is -0.508 e. The highest BCUT2D eigenvalue weighted by atomic mass is 16.5. The van der Waals surface area contributed by atoms with E-state index in [-0.39, 0.29) is 17.1 Å². The number of carbonyl (C=O) groups excluding carboxylic acids is 1. The number of hydrogen-bond donors (Lipinski definition) is 1. The highest BCUT2D eigenvalue weighted by molar-refractivity contribution is 5.94. The third-order valence-electron chi connectivity index (χ3n) is 5.24. The van der Waals surface area contributed by atoms with Crippen molar-refractivity contribution in [1.82, 2.24) is 9.80 Å². The van der Waals surface area contributed by atoms with E-state index in [1.807, 2.05) is 4.90 Å². The quantitative estimate of drug-likeness (QED) is 0.903. The lowest BCUT2D eigenvalue weighted by Crippen LogP contribution is -2.53. The number of carbonyl (C=O) groups is 1. The van der Waals surface area contributed by atoms with Gasteiger partial charge in [-0.15, -0.1) is 0 Å². The number of piperidine rings is 1. The largest absolute Gasteiger partial charge is 0.508 e. The first-order chi connectivity index (χ1) is 11.5. The average Bonchev–Trinajstić information content (AvgIpc) is 2.77. The van der Waals surface area contributed by atoms with Crippen molar-refractivity contribution in [3.63, 3.8) is 0 Å². The molecule has 1 atom stereocenters. The van der Waals surface area contributed by atoms with Gasteiger partial charge in [0.2, 0.25) is 0 Å². The monoisotopic (exact) mass is 332 g/mol. The fraction of sp³-hybridized carbons (Fsp3) is 0.632. The van der Waals surface area contributed by atoms with Crippen LogP contribution < -0.4 is 0 Å². The van der Waals surface area contributed by atoms with Crippen molar-refractivity contribution in [3.8, 4) is 5.75 Å². The van der Waals surface area contributed by atoms with Gasteiger partial charge in [0.05, 0.1) is 13.2 Å². The number of hydrogen-bond acceptors (Lipinski definition) is 4. The number of ether oxygens (including phenoxy) is 1. The summed E-state index contributed by atoms with van der Waals surface area (Å²) in [6.45, 7) is 9.37. The van der Waals surface area contributed by atoms with Crippen LogP contribution in [0, 0.1) is 5.41 Å². The SMILES string of the molecule is CC(C)N1CCOC[C@]2(CCCN(C(=O)c3cccc(O)c3)C2)C1. The summed E-state index contributed by atoms with van der Waals surface area (Å²) in [6.07, 6.45) is 2.10. The second kappa shape index (κ2) is 7.11. The summed E-state index contributed by atoms with van der Waals surface area (Å²) in [4.78, 5) is 17.2. The van der Waals surface area contributed by atoms with Gasteiger partial charge in [0.25, 0.3) is 5.91 Å². The number of benzene rings is 1. The Morgan fingerprint density at radius 1 is 1.29 bits per heavy atom. The van der Waals surface area contributed by atoms with Crippen LogP contribution in [0.15, 0.2) is 24.3 Å². The van der Waals surface area contributed by atoms with E-state index in [1.54, 1.807) is 24.3 Å². The molecule has 5 nitrogen and oxygen atoms in total. The summed E-state index contributed by atoms with van der Waals surface area (Å²) in [7, 11) is 0. The number of aromatic hydroxyl groups is 1. The van der Waals surface area contributed by atoms with Crippen LogP contribution in [-0.4, -0.2) is 66.2 Å². The predicted molar refractivity (Wildman–Crippen MR) is 93.2 cm³/mol. The minimum atomic E-state index is 0.00492. The molecule has 2 heterocycles. The number of amides is 1. The topological polar surface area (TPSA) is 53.0 Å². The zero-order valence-corrected chi connectivity index (χ0v) is 14.7. The Labute approximate surface area is 144 Å². The molecule has 2 aliphatic heterocycles. The van der Waals surface area contributed by atoms with Gasteiger partial charge in [-0.1, -0.05) is 6.07 Å². The van der Waals surface area contributed by atoms with Crippen LogP contribution >= 0.6 is 0 Å². The molecule has 0 aliphatic carbocycles. The maximum Gasteiger partial charge on any atom is 0.254 e. The molecule has 24 heavy (non-hydrogen) atoms. The van der Waals surface area contributed by atoms with E-state index in [9.17, 15) is 9.90 Å². The van der Waals surface area contributed by atoms with E-state index < -0.39 is 0 Å². The molecule has 1 amide bonds. The van der Waals surface area contributed by atoms with Gasteiger partial charge >= 0.3 is 0 Å². The summed E-state index contributed by atoms with van der Waals surface area (Å²) in [6, 6.07) is 7.12. The Morgan fingerprint density at radius 3 is 2.88 bits per heavy atom. The Kier molecular flexibility index (Phi) is 5.11. The molecule has 3 rings (SSSR count). The van der Waals surface area contributed by atoms with Crippen LogP contribution in [0.4, 0.5) is 0 Å². The third kappa shape index (κ3) is 3.73. The number of likely N-dealkylation sites (tertiary alicyclic amines) is 1. The summed E-state index contributed by atoms with van der Waals surface area (Å²) >= 11 is 0. The molecule has 2 fully saturated rings. The molecule has 0 aromatic heterocycles. The van der Waals surface area contributed by atoms with Gasteiger partial charge in [0.15, 0.2) is 0 Å². The Balaban J connectivity index is 1.76. The maximum absolute atomic E-state index is 12.8. The Bertz CT molecular complexity index is 590. The summed E-state index contributed by atoms with van der Waals surface area (Å²) in [5, 5.41) is 9.64. The Morgan fingerprint density at radius 2 is 2.12 bits per heavy atom. The molecule has 2 aliphatic rings. The first-order valence-electron chi connectivity index (χ1n) is 8.89. The van der Waals surface area contributed by atoms with Crippen molar-refractivity contribution in [2.45, 2.75) is 32.7 Å². The van der Waals surface area contributed by atoms with Crippen molar-refractivity contribution in [2.75, 3.05) is 39.4 Å². The number of nitrogens with zero attached hydrogens (tertiary/aromatic N) is 2. The van der Waals surface area contributed by atoms with E-state index in [0.717, 1.165) is 52.2 Å². The van der Waals surface area contributed by atoms with Crippen LogP contribution in [0.1, 0.15) is 37.0 Å². The standard InChI is InChI=1S/C19H28N2O3/c1-15(2)20-9-10-24-14-19(12-20)7-4-8-21(13-19)18(23)16-5-3-6-17(22)11-16/h3,5-6,11,15,22H,4,7-10,12-14H2,1-2H3/t19-/m1/s1. The van der Waals surface area contributed by atoms with Gasteiger partial charge in [0.1, 0.15) is 5.75 Å². The van der Waals surface area contributed by atoms with Crippen molar-refractivity contribution in [1.29, 1.82) is 0 Å². The fourth-order valence-corrected chi connectivity index (χ4v) is 3.92. The van der Waals surface area contributed by atoms with E-state index in [0.29, 0.717) is 11.6 Å². The van der Waals surface area contributed by atoms with Crippen LogP contribution in [0.2, 0.25) is 0 Å². The molecule has 1 spiro atoms. The van der Waals surface area contributed by atoms with E-state index in [4.69, 9.17) is 4.74 Å². The van der Waals surface area contributed by atoms with Crippen molar-refractivity contribution in [2.24, 2.45) is 5.41 Å². The Hall–Kier alpha value is -1.59. The summed E-state index contributed by atoms with van der Waals surface area (Å²) < 4.78 is 5.90. The predicted octanol–water partition coefficient (Wildman–Crippen LogP) is 2.36. The fourth-order valence-electron chi connectivity index (χ4n) is 3.92. The lowest BCUT2D eigenvalue weighted by Gasteiger charge is -2.44. The molecular weight excluding hydrogens is 304 g/mol. The molecule has 0 unspecified atom stereocenters. The zero-order valence-electron chi connectivity index (χ0n) is 14.7. The first-order valence-corrected chi connectivity index (χ1v) is 8.89. The molecule has 5 heteroatoms. The lowest BCUT2D eigenvalue weighted by molar-refractivity contribution is 0.00571. The normalized spacial score (nSPS) is 25.9. The van der Waals surface area contributed by atoms with Crippen LogP contribution in [-0.2, 0) is 4.74 Å². The van der Waals surface area contributed by atoms with E-state index >= 15 is 0 Å². The van der Waals surface area contributed by atoms with Crippen LogP contribution in [0.25, 0.3) is 0 Å². The van der Waals surface area contributed by atoms with E-state index in [2.05, 4.69) is 18.7 Å². The van der Waals surface area contributed by atoms with Crippen LogP contribution in [0.3, 0.4) is 0 Å². The van der Waals surface area contributed by atoms with Gasteiger partial charge in [-0.05, 0) is 44.9 Å². The molecule has 1 aromatic carbocycles. The van der Waals surface area contributed by atoms with Crippen molar-refractivity contribution in [3.05, 3.63) is 29.8 Å². The summed E-state index contributed by atoms with van der Waals surface area (Å²) in [5.74, 6) is 0.140. The second-order valence-corrected chi connectivity index (χ2v) is 7.50. The number of rotatable bonds is 2. The summed E-state index contributed by atoms with van der Waals surface area (Å²) in [5.41, 5.74) is 0.577. The van der Waals surface area contributed by atoms with E-state index in [1.165, 1.54) is 0 Å². The van der Waals surface area contributed by atoms with Gasteiger partial charge in [-0.2, -0.15) is 0 Å². The highest BCUT2D eigenvalue weighted by Crippen LogP contribution is 2.34. The molecule has 0 bridgehead atoms.